The maximum atomic E-state index is 11.6. The smallest absolute Gasteiger partial charge is 0.338 e. The van der Waals surface area contributed by atoms with Gasteiger partial charge in [-0.05, 0) is 24.5 Å². The van der Waals surface area contributed by atoms with Gasteiger partial charge in [-0.1, -0.05) is 18.2 Å². The summed E-state index contributed by atoms with van der Waals surface area (Å²) >= 11 is 0. The van der Waals surface area contributed by atoms with E-state index in [4.69, 9.17) is 4.74 Å². The molecule has 5 nitrogen and oxygen atoms in total. The Balaban J connectivity index is 2.02. The third kappa shape index (κ3) is 3.80. The van der Waals surface area contributed by atoms with Crippen molar-refractivity contribution in [1.29, 1.82) is 0 Å². The van der Waals surface area contributed by atoms with Crippen LogP contribution in [0.25, 0.3) is 0 Å². The van der Waals surface area contributed by atoms with Crippen molar-refractivity contribution in [3.8, 4) is 0 Å². The molecule has 1 heterocycles. The highest BCUT2D eigenvalue weighted by Gasteiger charge is 2.24. The second-order valence-corrected chi connectivity index (χ2v) is 7.21. The summed E-state index contributed by atoms with van der Waals surface area (Å²) in [6.45, 7) is 0.464. The maximum absolute atomic E-state index is 11.6. The van der Waals surface area contributed by atoms with Crippen molar-refractivity contribution >= 4 is 15.8 Å². The largest absolute Gasteiger partial charge is 0.465 e. The number of ether oxygens (including phenoxy) is 1. The molecule has 20 heavy (non-hydrogen) atoms. The Bertz CT molecular complexity index is 583. The average molecular weight is 297 g/mol. The highest BCUT2D eigenvalue weighted by molar-refractivity contribution is 7.91. The minimum Gasteiger partial charge on any atom is -0.465 e. The molecule has 1 aromatic rings. The molecule has 0 radical (unpaired) electrons. The molecular formula is C14H19NO4S. The Hall–Kier alpha value is -1.40. The van der Waals surface area contributed by atoms with Crippen LogP contribution in [0.15, 0.2) is 24.3 Å². The van der Waals surface area contributed by atoms with Crippen molar-refractivity contribution in [3.63, 3.8) is 0 Å². The summed E-state index contributed by atoms with van der Waals surface area (Å²) in [6, 6.07) is 7.14. The zero-order chi connectivity index (χ0) is 14.6. The van der Waals surface area contributed by atoms with Gasteiger partial charge in [0.05, 0.1) is 24.2 Å². The molecule has 1 atom stereocenters. The first-order valence-corrected chi connectivity index (χ1v) is 8.44. The van der Waals surface area contributed by atoms with Gasteiger partial charge in [0, 0.05) is 12.6 Å². The van der Waals surface area contributed by atoms with Crippen LogP contribution in [0.5, 0.6) is 0 Å². The zero-order valence-corrected chi connectivity index (χ0v) is 12.3. The van der Waals surface area contributed by atoms with Gasteiger partial charge in [0.25, 0.3) is 0 Å². The molecule has 2 rings (SSSR count). The van der Waals surface area contributed by atoms with Crippen molar-refractivity contribution in [1.82, 2.24) is 5.32 Å². The molecule has 110 valence electrons. The highest BCUT2D eigenvalue weighted by Crippen LogP contribution is 2.14. The van der Waals surface area contributed by atoms with Gasteiger partial charge in [-0.3, -0.25) is 0 Å². The van der Waals surface area contributed by atoms with Crippen molar-refractivity contribution < 1.29 is 17.9 Å². The average Bonchev–Trinajstić information content (AvgIpc) is 2.43. The van der Waals surface area contributed by atoms with Crippen LogP contribution in [-0.2, 0) is 21.1 Å². The summed E-state index contributed by atoms with van der Waals surface area (Å²) < 4.78 is 27.9. The van der Waals surface area contributed by atoms with Crippen molar-refractivity contribution in [3.05, 3.63) is 35.4 Å². The summed E-state index contributed by atoms with van der Waals surface area (Å²) in [5.74, 6) is 0.0794. The molecule has 0 spiro atoms. The van der Waals surface area contributed by atoms with Crippen LogP contribution in [0.2, 0.25) is 0 Å². The molecule has 1 fully saturated rings. The second-order valence-electron chi connectivity index (χ2n) is 4.98. The lowest BCUT2D eigenvalue weighted by Crippen LogP contribution is -2.39. The monoisotopic (exact) mass is 297 g/mol. The molecule has 0 bridgehead atoms. The number of rotatable bonds is 4. The SMILES string of the molecule is COC(=O)c1ccccc1CNC1CCCS(=O)(=O)C1. The van der Waals surface area contributed by atoms with E-state index in [0.29, 0.717) is 18.5 Å². The molecule has 1 N–H and O–H groups in total. The number of nitrogens with one attached hydrogen (secondary N) is 1. The Morgan fingerprint density at radius 1 is 1.40 bits per heavy atom. The van der Waals surface area contributed by atoms with Gasteiger partial charge < -0.3 is 10.1 Å². The number of sulfone groups is 1. The van der Waals surface area contributed by atoms with Gasteiger partial charge in [0.1, 0.15) is 0 Å². The third-order valence-corrected chi connectivity index (χ3v) is 5.29. The molecule has 1 aliphatic heterocycles. The lowest BCUT2D eigenvalue weighted by molar-refractivity contribution is 0.0599. The number of hydrogen-bond acceptors (Lipinski definition) is 5. The van der Waals surface area contributed by atoms with Gasteiger partial charge in [-0.15, -0.1) is 0 Å². The van der Waals surface area contributed by atoms with E-state index >= 15 is 0 Å². The van der Waals surface area contributed by atoms with Crippen LogP contribution >= 0.6 is 0 Å². The van der Waals surface area contributed by atoms with Crippen LogP contribution in [0.4, 0.5) is 0 Å². The highest BCUT2D eigenvalue weighted by atomic mass is 32.2. The quantitative estimate of drug-likeness (QED) is 0.844. The summed E-state index contributed by atoms with van der Waals surface area (Å²) in [5.41, 5.74) is 1.34. The molecule has 0 saturated carbocycles. The molecule has 0 aromatic heterocycles. The third-order valence-electron chi connectivity index (χ3n) is 3.47. The van der Waals surface area contributed by atoms with E-state index in [-0.39, 0.29) is 23.5 Å². The number of benzene rings is 1. The Labute approximate surface area is 119 Å². The predicted molar refractivity (Wildman–Crippen MR) is 76.3 cm³/mol. The molecule has 1 saturated heterocycles. The summed E-state index contributed by atoms with van der Waals surface area (Å²) in [7, 11) is -1.57. The zero-order valence-electron chi connectivity index (χ0n) is 11.5. The van der Waals surface area contributed by atoms with Crippen molar-refractivity contribution in [2.45, 2.75) is 25.4 Å². The predicted octanol–water partition coefficient (Wildman–Crippen LogP) is 1.14. The molecular weight excluding hydrogens is 278 g/mol. The maximum Gasteiger partial charge on any atom is 0.338 e. The Kier molecular flexibility index (Phi) is 4.77. The van der Waals surface area contributed by atoms with E-state index in [1.807, 2.05) is 12.1 Å². The van der Waals surface area contributed by atoms with Gasteiger partial charge in [-0.25, -0.2) is 13.2 Å². The van der Waals surface area contributed by atoms with Gasteiger partial charge in [0.15, 0.2) is 9.84 Å². The van der Waals surface area contributed by atoms with Crippen LogP contribution in [0.3, 0.4) is 0 Å². The molecule has 1 unspecified atom stereocenters. The Morgan fingerprint density at radius 3 is 2.85 bits per heavy atom. The first-order chi connectivity index (χ1) is 9.52. The van der Waals surface area contributed by atoms with Gasteiger partial charge in [0.2, 0.25) is 0 Å². The van der Waals surface area contributed by atoms with E-state index in [0.717, 1.165) is 12.0 Å². The Morgan fingerprint density at radius 2 is 2.15 bits per heavy atom. The van der Waals surface area contributed by atoms with E-state index in [9.17, 15) is 13.2 Å². The van der Waals surface area contributed by atoms with Crippen LogP contribution < -0.4 is 5.32 Å². The van der Waals surface area contributed by atoms with Crippen molar-refractivity contribution in [2.75, 3.05) is 18.6 Å². The van der Waals surface area contributed by atoms with Crippen molar-refractivity contribution in [2.24, 2.45) is 0 Å². The van der Waals surface area contributed by atoms with Crippen LogP contribution in [0.1, 0.15) is 28.8 Å². The van der Waals surface area contributed by atoms with Gasteiger partial charge >= 0.3 is 5.97 Å². The summed E-state index contributed by atoms with van der Waals surface area (Å²) in [5, 5.41) is 3.23. The normalized spacial score (nSPS) is 21.4. The molecule has 0 amide bonds. The first kappa shape index (κ1) is 15.0. The van der Waals surface area contributed by atoms with E-state index in [2.05, 4.69) is 5.32 Å². The molecule has 0 aliphatic carbocycles. The summed E-state index contributed by atoms with van der Waals surface area (Å²) in [6.07, 6.45) is 1.54. The first-order valence-electron chi connectivity index (χ1n) is 6.62. The number of carbonyl (C=O) groups is 1. The van der Waals surface area contributed by atoms with E-state index < -0.39 is 9.84 Å². The fourth-order valence-electron chi connectivity index (χ4n) is 2.42. The van der Waals surface area contributed by atoms with E-state index in [1.54, 1.807) is 12.1 Å². The lowest BCUT2D eigenvalue weighted by atomic mass is 10.1. The number of methoxy groups -OCH3 is 1. The number of hydrogen-bond donors (Lipinski definition) is 1. The minimum absolute atomic E-state index is 0.0422. The minimum atomic E-state index is -2.92. The second kappa shape index (κ2) is 6.37. The van der Waals surface area contributed by atoms with Gasteiger partial charge in [-0.2, -0.15) is 0 Å². The fraction of sp³-hybridized carbons (Fsp3) is 0.500. The lowest BCUT2D eigenvalue weighted by Gasteiger charge is -2.23. The van der Waals surface area contributed by atoms with Crippen LogP contribution in [-0.4, -0.2) is 39.0 Å². The van der Waals surface area contributed by atoms with Crippen LogP contribution in [0, 0.1) is 0 Å². The topological polar surface area (TPSA) is 72.5 Å². The standard InChI is InChI=1S/C14H19NO4S/c1-19-14(16)13-7-3-2-5-11(13)9-15-12-6-4-8-20(17,18)10-12/h2-3,5,7,12,15H,4,6,8-10H2,1H3. The fourth-order valence-corrected chi connectivity index (χ4v) is 4.09. The molecule has 1 aliphatic rings. The number of esters is 1. The molecule has 6 heteroatoms. The van der Waals surface area contributed by atoms with E-state index in [1.165, 1.54) is 7.11 Å². The number of carbonyl (C=O) groups excluding carboxylic acids is 1. The summed E-state index contributed by atoms with van der Waals surface area (Å²) in [4.78, 5) is 11.6. The molecule has 1 aromatic carbocycles.